The van der Waals surface area contributed by atoms with Crippen LogP contribution in [0.15, 0.2) is 23.1 Å². The molecule has 0 saturated carbocycles. The number of ether oxygens (including phenoxy) is 2. The number of halogens is 6. The van der Waals surface area contributed by atoms with Gasteiger partial charge in [0.1, 0.15) is 23.8 Å². The highest BCUT2D eigenvalue weighted by Crippen LogP contribution is 3.02. The zero-order valence-electron chi connectivity index (χ0n) is 18.7. The lowest BCUT2D eigenvalue weighted by molar-refractivity contribution is 0.0964. The van der Waals surface area contributed by atoms with Crippen LogP contribution in [-0.2, 0) is 6.54 Å². The Morgan fingerprint density at radius 3 is 2.31 bits per heavy atom. The summed E-state index contributed by atoms with van der Waals surface area (Å²) in [6.07, 6.45) is 0. The van der Waals surface area contributed by atoms with Crippen molar-refractivity contribution in [3.8, 4) is 11.6 Å². The van der Waals surface area contributed by atoms with Gasteiger partial charge in [0.25, 0.3) is 0 Å². The predicted octanol–water partition coefficient (Wildman–Crippen LogP) is 4.36. The lowest BCUT2D eigenvalue weighted by atomic mass is 10.1. The lowest BCUT2D eigenvalue weighted by Gasteiger charge is -2.40. The van der Waals surface area contributed by atoms with Crippen molar-refractivity contribution in [1.29, 1.82) is 5.41 Å². The number of ketones is 1. The molecule has 3 rings (SSSR count). The molecule has 0 unspecified atom stereocenters. The van der Waals surface area contributed by atoms with Crippen LogP contribution < -0.4 is 15.1 Å². The molecular weight excluding hydrogens is 525 g/mol. The molecular formula is C19H23ClF5N5O4S. The Labute approximate surface area is 202 Å². The Bertz CT molecular complexity index is 1350. The second-order valence-electron chi connectivity index (χ2n) is 7.36. The Balaban J connectivity index is 0.00000432. The van der Waals surface area contributed by atoms with Gasteiger partial charge in [-0.2, -0.15) is 4.52 Å². The summed E-state index contributed by atoms with van der Waals surface area (Å²) in [4.78, 5) is 10.5. The van der Waals surface area contributed by atoms with Crippen LogP contribution in [0, 0.1) is 19.3 Å². The first kappa shape index (κ1) is 28.3. The van der Waals surface area contributed by atoms with E-state index in [1.165, 1.54) is 0 Å². The third kappa shape index (κ3) is 6.02. The van der Waals surface area contributed by atoms with Gasteiger partial charge < -0.3 is 14.6 Å². The highest BCUT2D eigenvalue weighted by atomic mass is 35.5. The molecule has 0 fully saturated rings. The molecule has 3 aromatic rings. The smallest absolute Gasteiger partial charge is 0.310 e. The number of rotatable bonds is 9. The summed E-state index contributed by atoms with van der Waals surface area (Å²) < 4.78 is 79.4. The van der Waals surface area contributed by atoms with Crippen molar-refractivity contribution in [3.05, 3.63) is 40.5 Å². The van der Waals surface area contributed by atoms with Gasteiger partial charge in [0.05, 0.1) is 13.2 Å². The zero-order valence-corrected chi connectivity index (χ0v) is 20.4. The standard InChI is InChI=1S/C19H22F5N5O4S.ClH/c1-4-32-18-12(3)11(2)17-26-28(19(25)29(17)27-18)10-16(31)13-7-14(33-6-5-30)9-15(8-13)34(20,21,22,23)24;/h7-9,25,30H,4-6,10H2,1-3H3;1H. The number of Topliss-reactive ketones (excluding diaryl/α,β-unsaturated/α-hetero) is 1. The van der Waals surface area contributed by atoms with Crippen LogP contribution in [0.5, 0.6) is 11.6 Å². The van der Waals surface area contributed by atoms with E-state index >= 15 is 0 Å². The van der Waals surface area contributed by atoms with Gasteiger partial charge in [-0.25, -0.2) is 4.68 Å². The average Bonchev–Trinajstić information content (AvgIpc) is 3.04. The number of aliphatic hydroxyl groups excluding tert-OH is 1. The first-order chi connectivity index (χ1) is 15.5. The average molecular weight is 548 g/mol. The molecule has 16 heteroatoms. The van der Waals surface area contributed by atoms with Crippen LogP contribution in [0.3, 0.4) is 0 Å². The van der Waals surface area contributed by atoms with Gasteiger partial charge in [0, 0.05) is 22.8 Å². The van der Waals surface area contributed by atoms with Gasteiger partial charge in [-0.05, 0) is 32.9 Å². The van der Waals surface area contributed by atoms with Crippen LogP contribution in [-0.4, -0.2) is 50.1 Å². The normalized spacial score (nSPS) is 13.6. The fourth-order valence-corrected chi connectivity index (χ4v) is 3.74. The van der Waals surface area contributed by atoms with Gasteiger partial charge in [0.15, 0.2) is 11.4 Å². The number of aryl methyl sites for hydroxylation is 1. The van der Waals surface area contributed by atoms with Crippen LogP contribution in [0.1, 0.15) is 28.4 Å². The highest BCUT2D eigenvalue weighted by Gasteiger charge is 2.65. The molecule has 0 spiro atoms. The summed E-state index contributed by atoms with van der Waals surface area (Å²) in [5.41, 5.74) is 0.353. The number of nitrogens with zero attached hydrogens (tertiary/aromatic N) is 4. The third-order valence-electron chi connectivity index (χ3n) is 4.85. The molecule has 0 saturated heterocycles. The van der Waals surface area contributed by atoms with Crippen molar-refractivity contribution in [1.82, 2.24) is 19.4 Å². The molecule has 0 radical (unpaired) electrons. The number of aliphatic hydroxyl groups is 1. The van der Waals surface area contributed by atoms with Crippen molar-refractivity contribution in [2.24, 2.45) is 0 Å². The number of nitrogens with one attached hydrogen (secondary N) is 1. The van der Waals surface area contributed by atoms with E-state index in [1.807, 2.05) is 0 Å². The van der Waals surface area contributed by atoms with Crippen molar-refractivity contribution in [3.63, 3.8) is 0 Å². The minimum Gasteiger partial charge on any atom is -0.491 e. The van der Waals surface area contributed by atoms with E-state index in [0.717, 1.165) is 15.3 Å². The zero-order chi connectivity index (χ0) is 25.5. The van der Waals surface area contributed by atoms with E-state index in [9.17, 15) is 24.2 Å². The number of hydrogen-bond donors (Lipinski definition) is 2. The van der Waals surface area contributed by atoms with E-state index in [4.69, 9.17) is 20.0 Å². The molecule has 0 bridgehead atoms. The summed E-state index contributed by atoms with van der Waals surface area (Å²) in [7, 11) is -10.1. The summed E-state index contributed by atoms with van der Waals surface area (Å²) >= 11 is 0. The number of carbonyl (C=O) groups excluding carboxylic acids is 1. The first-order valence-corrected chi connectivity index (χ1v) is 11.8. The second-order valence-corrected chi connectivity index (χ2v) is 9.77. The third-order valence-corrected chi connectivity index (χ3v) is 5.98. The highest BCUT2D eigenvalue weighted by molar-refractivity contribution is 8.45. The van der Waals surface area contributed by atoms with Crippen molar-refractivity contribution in [2.75, 3.05) is 19.8 Å². The van der Waals surface area contributed by atoms with Gasteiger partial charge >= 0.3 is 10.2 Å². The molecule has 0 aliphatic carbocycles. The molecule has 1 aromatic carbocycles. The minimum absolute atomic E-state index is 0. The lowest BCUT2D eigenvalue weighted by Crippen LogP contribution is -2.26. The second kappa shape index (κ2) is 8.95. The fraction of sp³-hybridized carbons (Fsp3) is 0.368. The number of benzene rings is 1. The van der Waals surface area contributed by atoms with E-state index in [1.54, 1.807) is 20.8 Å². The monoisotopic (exact) mass is 547 g/mol. The molecule has 35 heavy (non-hydrogen) atoms. The quantitative estimate of drug-likeness (QED) is 0.304. The molecule has 196 valence electrons. The molecule has 0 atom stereocenters. The molecule has 0 amide bonds. The minimum atomic E-state index is -10.1. The Hall–Kier alpha value is -2.91. The van der Waals surface area contributed by atoms with E-state index < -0.39 is 52.0 Å². The summed E-state index contributed by atoms with van der Waals surface area (Å²) in [5.74, 6) is -1.45. The summed E-state index contributed by atoms with van der Waals surface area (Å²) in [6.45, 7) is 3.68. The molecule has 2 heterocycles. The van der Waals surface area contributed by atoms with Gasteiger partial charge in [-0.3, -0.25) is 10.2 Å². The van der Waals surface area contributed by atoms with E-state index in [-0.39, 0.29) is 41.7 Å². The Morgan fingerprint density at radius 1 is 1.09 bits per heavy atom. The van der Waals surface area contributed by atoms with Crippen LogP contribution in [0.2, 0.25) is 0 Å². The molecule has 2 N–H and O–H groups in total. The largest absolute Gasteiger partial charge is 0.491 e. The maximum atomic E-state index is 13.4. The van der Waals surface area contributed by atoms with Gasteiger partial charge in [0.2, 0.25) is 11.5 Å². The van der Waals surface area contributed by atoms with Gasteiger partial charge in [-0.15, -0.1) is 22.6 Å². The molecule has 9 nitrogen and oxygen atoms in total. The van der Waals surface area contributed by atoms with Crippen LogP contribution in [0.25, 0.3) is 5.65 Å². The fourth-order valence-electron chi connectivity index (χ4n) is 3.05. The topological polar surface area (TPSA) is 115 Å². The van der Waals surface area contributed by atoms with Crippen LogP contribution >= 0.6 is 22.6 Å². The number of aromatic nitrogens is 4. The SMILES string of the molecule is CCOc1nn2c(=N)n(CC(=O)c3cc(OCCO)cc(S(F)(F)(F)(F)F)c3)nc2c(C)c1C.Cl. The predicted molar refractivity (Wildman–Crippen MR) is 119 cm³/mol. The Kier molecular flexibility index (Phi) is 7.24. The molecule has 2 aromatic heterocycles. The molecule has 0 aliphatic heterocycles. The first-order valence-electron chi connectivity index (χ1n) is 9.86. The van der Waals surface area contributed by atoms with Crippen molar-refractivity contribution >= 4 is 34.1 Å². The number of fused-ring (bicyclic) bond motifs is 1. The maximum absolute atomic E-state index is 13.4. The Morgan fingerprint density at radius 2 is 1.74 bits per heavy atom. The van der Waals surface area contributed by atoms with Gasteiger partial charge in [-0.1, -0.05) is 19.4 Å². The summed E-state index contributed by atoms with van der Waals surface area (Å²) in [6, 6.07) is 0.968. The van der Waals surface area contributed by atoms with Crippen molar-refractivity contribution < 1.29 is 38.8 Å². The number of carbonyl (C=O) groups is 1. The summed E-state index contributed by atoms with van der Waals surface area (Å²) in [5, 5.41) is 25.4. The maximum Gasteiger partial charge on any atom is 0.310 e. The van der Waals surface area contributed by atoms with E-state index in [0.29, 0.717) is 17.7 Å². The molecule has 0 aliphatic rings. The van der Waals surface area contributed by atoms with Crippen molar-refractivity contribution in [2.45, 2.75) is 32.2 Å². The van der Waals surface area contributed by atoms with E-state index in [2.05, 4.69) is 10.2 Å². The van der Waals surface area contributed by atoms with Crippen LogP contribution in [0.4, 0.5) is 19.4 Å². The number of hydrogen-bond acceptors (Lipinski definition) is 7.